The number of carbonyl (C=O) groups is 1. The van der Waals surface area contributed by atoms with Crippen LogP contribution in [-0.2, 0) is 4.79 Å². The first-order valence-corrected chi connectivity index (χ1v) is 9.55. The average molecular weight is 387 g/mol. The number of hydrogen-bond acceptors (Lipinski definition) is 4. The fourth-order valence-corrected chi connectivity index (χ4v) is 4.22. The van der Waals surface area contributed by atoms with Gasteiger partial charge < -0.3 is 9.64 Å². The lowest BCUT2D eigenvalue weighted by molar-refractivity contribution is -0.131. The Labute approximate surface area is 162 Å². The molecule has 0 saturated carbocycles. The van der Waals surface area contributed by atoms with Crippen molar-refractivity contribution in [2.75, 3.05) is 20.2 Å². The van der Waals surface area contributed by atoms with Crippen molar-refractivity contribution in [2.45, 2.75) is 37.8 Å². The second kappa shape index (κ2) is 7.13. The number of nitrogens with zero attached hydrogens (tertiary/aromatic N) is 2. The SMILES string of the molecule is CCOc1cc(F)c(F)c(-c2ccnc([C@H]3CC[C@@]4(CCN(C)C4=O)N3)c2)c1. The number of halogens is 2. The summed E-state index contributed by atoms with van der Waals surface area (Å²) in [6.07, 6.45) is 3.88. The van der Waals surface area contributed by atoms with E-state index in [0.29, 0.717) is 12.2 Å². The molecule has 4 rings (SSSR count). The Balaban J connectivity index is 1.64. The Kier molecular flexibility index (Phi) is 4.79. The summed E-state index contributed by atoms with van der Waals surface area (Å²) < 4.78 is 33.8. The topological polar surface area (TPSA) is 54.5 Å². The fourth-order valence-electron chi connectivity index (χ4n) is 4.22. The molecule has 148 valence electrons. The van der Waals surface area contributed by atoms with E-state index in [4.69, 9.17) is 4.74 Å². The fraction of sp³-hybridized carbons (Fsp3) is 0.429. The molecule has 1 aromatic heterocycles. The van der Waals surface area contributed by atoms with E-state index in [1.165, 1.54) is 6.07 Å². The molecule has 1 spiro atoms. The van der Waals surface area contributed by atoms with Gasteiger partial charge in [0.15, 0.2) is 11.6 Å². The predicted octanol–water partition coefficient (Wildman–Crippen LogP) is 3.45. The minimum absolute atomic E-state index is 0.0987. The van der Waals surface area contributed by atoms with Gasteiger partial charge in [0.2, 0.25) is 5.91 Å². The molecule has 0 unspecified atom stereocenters. The van der Waals surface area contributed by atoms with E-state index in [1.807, 2.05) is 7.05 Å². The normalized spacial score (nSPS) is 24.4. The van der Waals surface area contributed by atoms with E-state index in [1.54, 1.807) is 30.2 Å². The van der Waals surface area contributed by atoms with E-state index in [2.05, 4.69) is 10.3 Å². The number of benzene rings is 1. The van der Waals surface area contributed by atoms with Crippen molar-refractivity contribution in [2.24, 2.45) is 0 Å². The van der Waals surface area contributed by atoms with Crippen molar-refractivity contribution in [1.29, 1.82) is 0 Å². The molecule has 1 N–H and O–H groups in total. The molecule has 5 nitrogen and oxygen atoms in total. The third kappa shape index (κ3) is 3.13. The summed E-state index contributed by atoms with van der Waals surface area (Å²) in [5.74, 6) is -1.46. The van der Waals surface area contributed by atoms with Gasteiger partial charge >= 0.3 is 0 Å². The smallest absolute Gasteiger partial charge is 0.242 e. The number of rotatable bonds is 4. The van der Waals surface area contributed by atoms with Crippen LogP contribution in [0.15, 0.2) is 30.5 Å². The first-order valence-electron chi connectivity index (χ1n) is 9.55. The van der Waals surface area contributed by atoms with Gasteiger partial charge in [-0.1, -0.05) is 0 Å². The number of hydrogen-bond donors (Lipinski definition) is 1. The van der Waals surface area contributed by atoms with E-state index in [-0.39, 0.29) is 23.3 Å². The van der Waals surface area contributed by atoms with Crippen LogP contribution in [0.4, 0.5) is 8.78 Å². The molecule has 2 fully saturated rings. The molecule has 3 heterocycles. The second-order valence-corrected chi connectivity index (χ2v) is 7.46. The van der Waals surface area contributed by atoms with E-state index in [0.717, 1.165) is 37.6 Å². The molecule has 2 aliphatic rings. The van der Waals surface area contributed by atoms with Crippen LogP contribution >= 0.6 is 0 Å². The molecule has 1 aromatic carbocycles. The van der Waals surface area contributed by atoms with Crippen LogP contribution < -0.4 is 10.1 Å². The largest absolute Gasteiger partial charge is 0.494 e. The van der Waals surface area contributed by atoms with Gasteiger partial charge in [-0.25, -0.2) is 8.78 Å². The van der Waals surface area contributed by atoms with Crippen molar-refractivity contribution >= 4 is 5.91 Å². The van der Waals surface area contributed by atoms with Crippen molar-refractivity contribution in [3.8, 4) is 16.9 Å². The molecule has 2 atom stereocenters. The second-order valence-electron chi connectivity index (χ2n) is 7.46. The van der Waals surface area contributed by atoms with Gasteiger partial charge in [0, 0.05) is 31.4 Å². The summed E-state index contributed by atoms with van der Waals surface area (Å²) in [6, 6.07) is 5.86. The lowest BCUT2D eigenvalue weighted by Gasteiger charge is -2.23. The van der Waals surface area contributed by atoms with Crippen LogP contribution in [0.5, 0.6) is 5.75 Å². The summed E-state index contributed by atoms with van der Waals surface area (Å²) in [5.41, 5.74) is 0.860. The number of nitrogens with one attached hydrogen (secondary N) is 1. The molecule has 2 aliphatic heterocycles. The van der Waals surface area contributed by atoms with Crippen LogP contribution in [0, 0.1) is 11.6 Å². The lowest BCUT2D eigenvalue weighted by atomic mass is 9.96. The van der Waals surface area contributed by atoms with Crippen molar-refractivity contribution in [3.05, 3.63) is 47.8 Å². The van der Waals surface area contributed by atoms with Crippen LogP contribution in [0.2, 0.25) is 0 Å². The zero-order chi connectivity index (χ0) is 19.9. The predicted molar refractivity (Wildman–Crippen MR) is 101 cm³/mol. The number of aromatic nitrogens is 1. The van der Waals surface area contributed by atoms with Crippen LogP contribution in [-0.4, -0.2) is 41.5 Å². The van der Waals surface area contributed by atoms with Gasteiger partial charge in [-0.3, -0.25) is 15.1 Å². The third-order valence-corrected chi connectivity index (χ3v) is 5.70. The van der Waals surface area contributed by atoms with E-state index in [9.17, 15) is 13.6 Å². The summed E-state index contributed by atoms with van der Waals surface area (Å²) in [4.78, 5) is 18.7. The number of ether oxygens (including phenoxy) is 1. The van der Waals surface area contributed by atoms with Crippen molar-refractivity contribution in [3.63, 3.8) is 0 Å². The summed E-state index contributed by atoms with van der Waals surface area (Å²) >= 11 is 0. The number of amides is 1. The number of likely N-dealkylation sites (N-methyl/N-ethyl adjacent to an activating group) is 1. The molecule has 2 saturated heterocycles. The van der Waals surface area contributed by atoms with Gasteiger partial charge in [-0.2, -0.15) is 0 Å². The molecule has 2 aromatic rings. The Hall–Kier alpha value is -2.54. The maximum Gasteiger partial charge on any atom is 0.242 e. The number of likely N-dealkylation sites (tertiary alicyclic amines) is 1. The Bertz CT molecular complexity index is 921. The Morgan fingerprint density at radius 3 is 2.86 bits per heavy atom. The molecule has 0 radical (unpaired) electrons. The molecule has 28 heavy (non-hydrogen) atoms. The molecular weight excluding hydrogens is 364 g/mol. The zero-order valence-electron chi connectivity index (χ0n) is 16.0. The van der Waals surface area contributed by atoms with Gasteiger partial charge in [0.25, 0.3) is 0 Å². The van der Waals surface area contributed by atoms with E-state index >= 15 is 0 Å². The summed E-state index contributed by atoms with van der Waals surface area (Å²) in [5, 5.41) is 3.45. The average Bonchev–Trinajstić information content (AvgIpc) is 3.25. The lowest BCUT2D eigenvalue weighted by Crippen LogP contribution is -2.47. The highest BCUT2D eigenvalue weighted by molar-refractivity contribution is 5.88. The highest BCUT2D eigenvalue weighted by Crippen LogP contribution is 2.39. The maximum atomic E-state index is 14.4. The Morgan fingerprint density at radius 1 is 1.32 bits per heavy atom. The maximum absolute atomic E-state index is 14.4. The van der Waals surface area contributed by atoms with Gasteiger partial charge in [0.05, 0.1) is 18.3 Å². The quantitative estimate of drug-likeness (QED) is 0.873. The number of pyridine rings is 1. The highest BCUT2D eigenvalue weighted by atomic mass is 19.2. The first kappa shape index (κ1) is 18.8. The zero-order valence-corrected chi connectivity index (χ0v) is 16.0. The molecule has 7 heteroatoms. The first-order chi connectivity index (χ1) is 13.4. The minimum Gasteiger partial charge on any atom is -0.494 e. The Morgan fingerprint density at radius 2 is 2.14 bits per heavy atom. The third-order valence-electron chi connectivity index (χ3n) is 5.70. The van der Waals surface area contributed by atoms with Crippen LogP contribution in [0.25, 0.3) is 11.1 Å². The van der Waals surface area contributed by atoms with Crippen LogP contribution in [0.3, 0.4) is 0 Å². The number of carbonyl (C=O) groups excluding carboxylic acids is 1. The summed E-state index contributed by atoms with van der Waals surface area (Å²) in [7, 11) is 1.81. The van der Waals surface area contributed by atoms with Crippen LogP contribution in [0.1, 0.15) is 37.9 Å². The monoisotopic (exact) mass is 387 g/mol. The molecule has 1 amide bonds. The molecule has 0 bridgehead atoms. The minimum atomic E-state index is -0.947. The van der Waals surface area contributed by atoms with Crippen molar-refractivity contribution < 1.29 is 18.3 Å². The van der Waals surface area contributed by atoms with Gasteiger partial charge in [-0.15, -0.1) is 0 Å². The van der Waals surface area contributed by atoms with Gasteiger partial charge in [-0.05, 0) is 49.9 Å². The molecule has 0 aliphatic carbocycles. The molecular formula is C21H23F2N3O2. The van der Waals surface area contributed by atoms with Gasteiger partial charge in [0.1, 0.15) is 11.3 Å². The van der Waals surface area contributed by atoms with E-state index < -0.39 is 17.2 Å². The standard InChI is InChI=1S/C21H23F2N3O2/c1-3-28-14-11-15(19(23)16(22)12-14)13-5-8-24-18(10-13)17-4-6-21(25-17)7-9-26(2)20(21)27/h5,8,10-12,17,25H,3-4,6-7,9H2,1-2H3/t17-,21+/m1/s1. The summed E-state index contributed by atoms with van der Waals surface area (Å²) in [6.45, 7) is 2.89. The van der Waals surface area contributed by atoms with Crippen molar-refractivity contribution in [1.82, 2.24) is 15.2 Å². The highest BCUT2D eigenvalue weighted by Gasteiger charge is 2.50.